The van der Waals surface area contributed by atoms with Gasteiger partial charge in [0.2, 0.25) is 0 Å². The van der Waals surface area contributed by atoms with Crippen LogP contribution >= 0.6 is 22.7 Å². The maximum atomic E-state index is 13.0. The lowest BCUT2D eigenvalue weighted by molar-refractivity contribution is 0.102. The number of anilines is 1. The van der Waals surface area contributed by atoms with Crippen LogP contribution in [0.25, 0.3) is 0 Å². The number of amides is 1. The molecule has 1 N–H and O–H groups in total. The van der Waals surface area contributed by atoms with Gasteiger partial charge in [0.15, 0.2) is 5.13 Å². The molecule has 1 aliphatic carbocycles. The summed E-state index contributed by atoms with van der Waals surface area (Å²) in [5.41, 5.74) is 3.04. The first-order chi connectivity index (χ1) is 12.6. The summed E-state index contributed by atoms with van der Waals surface area (Å²) in [7, 11) is 0. The van der Waals surface area contributed by atoms with Crippen LogP contribution < -0.4 is 5.32 Å². The predicted octanol–water partition coefficient (Wildman–Crippen LogP) is 5.31. The van der Waals surface area contributed by atoms with Crippen molar-refractivity contribution < 1.29 is 9.18 Å². The van der Waals surface area contributed by atoms with Gasteiger partial charge in [-0.1, -0.05) is 19.1 Å². The van der Waals surface area contributed by atoms with E-state index in [9.17, 15) is 9.18 Å². The number of halogens is 1. The van der Waals surface area contributed by atoms with Crippen molar-refractivity contribution in [3.8, 4) is 0 Å². The molecule has 0 saturated carbocycles. The first-order valence-electron chi connectivity index (χ1n) is 8.68. The van der Waals surface area contributed by atoms with Crippen molar-refractivity contribution in [3.63, 3.8) is 0 Å². The van der Waals surface area contributed by atoms with E-state index in [1.165, 1.54) is 33.9 Å². The maximum Gasteiger partial charge on any atom is 0.258 e. The third kappa shape index (κ3) is 3.71. The Morgan fingerprint density at radius 3 is 2.96 bits per heavy atom. The third-order valence-electron chi connectivity index (χ3n) is 4.71. The van der Waals surface area contributed by atoms with Crippen molar-refractivity contribution in [2.75, 3.05) is 5.32 Å². The first kappa shape index (κ1) is 17.4. The summed E-state index contributed by atoms with van der Waals surface area (Å²) in [6, 6.07) is 6.46. The van der Waals surface area contributed by atoms with Crippen LogP contribution in [0, 0.1) is 11.7 Å². The van der Waals surface area contributed by atoms with Crippen LogP contribution in [0.1, 0.15) is 44.6 Å². The van der Waals surface area contributed by atoms with Gasteiger partial charge in [0.25, 0.3) is 5.91 Å². The van der Waals surface area contributed by atoms with Gasteiger partial charge in [0, 0.05) is 27.8 Å². The highest BCUT2D eigenvalue weighted by molar-refractivity contribution is 7.15. The van der Waals surface area contributed by atoms with Crippen LogP contribution in [0.5, 0.6) is 0 Å². The zero-order chi connectivity index (χ0) is 18.1. The lowest BCUT2D eigenvalue weighted by Gasteiger charge is -2.18. The third-order valence-corrected chi connectivity index (χ3v) is 6.68. The van der Waals surface area contributed by atoms with Gasteiger partial charge in [-0.15, -0.1) is 22.7 Å². The normalized spacial score (nSPS) is 16.3. The first-order valence-corrected chi connectivity index (χ1v) is 10.4. The molecule has 134 valence electrons. The number of thiazole rings is 1. The number of rotatable bonds is 4. The molecular weight excluding hydrogens is 367 g/mol. The largest absolute Gasteiger partial charge is 0.298 e. The number of hydrogen-bond acceptors (Lipinski definition) is 4. The van der Waals surface area contributed by atoms with E-state index >= 15 is 0 Å². The van der Waals surface area contributed by atoms with E-state index in [0.29, 0.717) is 17.5 Å². The Kier molecular flexibility index (Phi) is 4.87. The molecule has 1 aliphatic rings. The maximum absolute atomic E-state index is 13.0. The number of nitrogens with one attached hydrogen (secondary N) is 1. The Balaban J connectivity index is 1.44. The summed E-state index contributed by atoms with van der Waals surface area (Å²) >= 11 is 3.16. The van der Waals surface area contributed by atoms with E-state index in [2.05, 4.69) is 17.2 Å². The van der Waals surface area contributed by atoms with Gasteiger partial charge in [0.05, 0.1) is 5.56 Å². The Labute approximate surface area is 159 Å². The predicted molar refractivity (Wildman–Crippen MR) is 105 cm³/mol. The van der Waals surface area contributed by atoms with Crippen LogP contribution in [0.2, 0.25) is 0 Å². The van der Waals surface area contributed by atoms with Crippen molar-refractivity contribution in [3.05, 3.63) is 68.1 Å². The second-order valence-electron chi connectivity index (χ2n) is 6.79. The van der Waals surface area contributed by atoms with Crippen molar-refractivity contribution in [2.45, 2.75) is 32.6 Å². The molecule has 0 spiro atoms. The molecule has 0 radical (unpaired) electrons. The minimum atomic E-state index is -0.237. The highest BCUT2D eigenvalue weighted by atomic mass is 32.1. The summed E-state index contributed by atoms with van der Waals surface area (Å²) < 4.78 is 13.0. The number of fused-ring (bicyclic) bond motifs is 1. The average molecular weight is 387 g/mol. The molecule has 1 aromatic carbocycles. The lowest BCUT2D eigenvalue weighted by Crippen LogP contribution is -2.16. The highest BCUT2D eigenvalue weighted by Crippen LogP contribution is 2.33. The van der Waals surface area contributed by atoms with Crippen LogP contribution in [0.15, 0.2) is 35.8 Å². The molecule has 3 aromatic rings. The number of thiophene rings is 1. The molecule has 6 heteroatoms. The average Bonchev–Trinajstić information content (AvgIpc) is 3.23. The monoisotopic (exact) mass is 386 g/mol. The SMILES string of the molecule is CC1CCc2c(C(=O)Nc3ncc(Cc4ccc(F)cc4)s3)csc2C1. The second-order valence-corrected chi connectivity index (χ2v) is 8.87. The minimum Gasteiger partial charge on any atom is -0.298 e. The van der Waals surface area contributed by atoms with Crippen LogP contribution in [-0.2, 0) is 19.3 Å². The molecule has 1 amide bonds. The molecule has 0 aliphatic heterocycles. The molecule has 1 atom stereocenters. The van der Waals surface area contributed by atoms with Crippen LogP contribution in [-0.4, -0.2) is 10.9 Å². The van der Waals surface area contributed by atoms with Gasteiger partial charge >= 0.3 is 0 Å². The summed E-state index contributed by atoms with van der Waals surface area (Å²) in [5, 5.41) is 5.52. The fraction of sp³-hybridized carbons (Fsp3) is 0.300. The van der Waals surface area contributed by atoms with Gasteiger partial charge in [-0.05, 0) is 48.4 Å². The summed E-state index contributed by atoms with van der Waals surface area (Å²) in [5.74, 6) is 0.393. The minimum absolute atomic E-state index is 0.0697. The summed E-state index contributed by atoms with van der Waals surface area (Å²) in [6.45, 7) is 2.26. The molecule has 2 aromatic heterocycles. The Morgan fingerprint density at radius 1 is 1.35 bits per heavy atom. The number of hydrogen-bond donors (Lipinski definition) is 1. The van der Waals surface area contributed by atoms with Crippen LogP contribution in [0.3, 0.4) is 0 Å². The van der Waals surface area contributed by atoms with Crippen molar-refractivity contribution in [2.24, 2.45) is 5.92 Å². The van der Waals surface area contributed by atoms with E-state index in [4.69, 9.17) is 0 Å². The molecule has 0 bridgehead atoms. The van der Waals surface area contributed by atoms with E-state index in [1.807, 2.05) is 5.38 Å². The van der Waals surface area contributed by atoms with E-state index in [1.54, 1.807) is 29.7 Å². The molecule has 26 heavy (non-hydrogen) atoms. The van der Waals surface area contributed by atoms with Gasteiger partial charge in [-0.2, -0.15) is 0 Å². The smallest absolute Gasteiger partial charge is 0.258 e. The standard InChI is InChI=1S/C20H19FN2OS2/c1-12-2-7-16-17(11-25-18(16)8-12)19(24)23-20-22-10-15(26-20)9-13-3-5-14(21)6-4-13/h3-6,10-12H,2,7-9H2,1H3,(H,22,23,24). The summed E-state index contributed by atoms with van der Waals surface area (Å²) in [6.07, 6.45) is 5.65. The van der Waals surface area contributed by atoms with Crippen molar-refractivity contribution in [1.29, 1.82) is 0 Å². The second kappa shape index (κ2) is 7.29. The van der Waals surface area contributed by atoms with E-state index in [0.717, 1.165) is 35.3 Å². The number of aromatic nitrogens is 1. The van der Waals surface area contributed by atoms with Crippen molar-refractivity contribution >= 4 is 33.7 Å². The van der Waals surface area contributed by atoms with Crippen LogP contribution in [0.4, 0.5) is 9.52 Å². The molecular formula is C20H19FN2OS2. The Morgan fingerprint density at radius 2 is 2.15 bits per heavy atom. The Bertz CT molecular complexity index is 930. The topological polar surface area (TPSA) is 42.0 Å². The number of carbonyl (C=O) groups excluding carboxylic acids is 1. The van der Waals surface area contributed by atoms with Gasteiger partial charge in [-0.25, -0.2) is 9.37 Å². The van der Waals surface area contributed by atoms with Gasteiger partial charge in [0.1, 0.15) is 5.82 Å². The fourth-order valence-electron chi connectivity index (χ4n) is 3.28. The number of nitrogens with zero attached hydrogens (tertiary/aromatic N) is 1. The number of benzene rings is 1. The fourth-order valence-corrected chi connectivity index (χ4v) is 5.37. The lowest BCUT2D eigenvalue weighted by atomic mass is 9.88. The molecule has 1 unspecified atom stereocenters. The van der Waals surface area contributed by atoms with Crippen molar-refractivity contribution in [1.82, 2.24) is 4.98 Å². The van der Waals surface area contributed by atoms with E-state index < -0.39 is 0 Å². The number of carbonyl (C=O) groups is 1. The molecule has 0 saturated heterocycles. The quantitative estimate of drug-likeness (QED) is 0.660. The Hall–Kier alpha value is -2.05. The zero-order valence-corrected chi connectivity index (χ0v) is 16.1. The van der Waals surface area contributed by atoms with Gasteiger partial charge < -0.3 is 0 Å². The summed E-state index contributed by atoms with van der Waals surface area (Å²) in [4.78, 5) is 19.4. The van der Waals surface area contributed by atoms with E-state index in [-0.39, 0.29) is 11.7 Å². The molecule has 2 heterocycles. The molecule has 3 nitrogen and oxygen atoms in total. The molecule has 0 fully saturated rings. The highest BCUT2D eigenvalue weighted by Gasteiger charge is 2.23. The zero-order valence-electron chi connectivity index (χ0n) is 14.4. The molecule has 4 rings (SSSR count). The van der Waals surface area contributed by atoms with Gasteiger partial charge in [-0.3, -0.25) is 10.1 Å².